The molecule has 1 aliphatic carbocycles. The van der Waals surface area contributed by atoms with Gasteiger partial charge >= 0.3 is 0 Å². The fourth-order valence-electron chi connectivity index (χ4n) is 2.19. The molecule has 1 saturated carbocycles. The third kappa shape index (κ3) is 3.16. The van der Waals surface area contributed by atoms with E-state index in [0.717, 1.165) is 5.56 Å². The maximum absolute atomic E-state index is 12.2. The Bertz CT molecular complexity index is 503. The summed E-state index contributed by atoms with van der Waals surface area (Å²) in [7, 11) is 1.77. The molecule has 1 fully saturated rings. The first kappa shape index (κ1) is 13.7. The Balaban J connectivity index is 2.10. The van der Waals surface area contributed by atoms with Gasteiger partial charge in [0, 0.05) is 18.7 Å². The molecular formula is C16H21NO2. The molecule has 0 radical (unpaired) electrons. The van der Waals surface area contributed by atoms with Crippen molar-refractivity contribution in [3.05, 3.63) is 41.5 Å². The lowest BCUT2D eigenvalue weighted by Gasteiger charge is -2.25. The predicted molar refractivity (Wildman–Crippen MR) is 75.8 cm³/mol. The highest BCUT2D eigenvalue weighted by atomic mass is 16.3. The van der Waals surface area contributed by atoms with Gasteiger partial charge in [-0.1, -0.05) is 23.8 Å². The summed E-state index contributed by atoms with van der Waals surface area (Å²) < 4.78 is 0. The van der Waals surface area contributed by atoms with Crippen molar-refractivity contribution < 1.29 is 9.90 Å². The highest BCUT2D eigenvalue weighted by molar-refractivity contribution is 5.88. The molecule has 0 aliphatic heterocycles. The highest BCUT2D eigenvalue weighted by Crippen LogP contribution is 2.36. The molecule has 0 heterocycles. The van der Waals surface area contributed by atoms with Gasteiger partial charge in [0.05, 0.1) is 6.04 Å². The predicted octanol–water partition coefficient (Wildman–Crippen LogP) is 3.27. The summed E-state index contributed by atoms with van der Waals surface area (Å²) in [5, 5.41) is 9.84. The number of nitrogens with zero attached hydrogens (tertiary/aromatic N) is 1. The Morgan fingerprint density at radius 1 is 1.42 bits per heavy atom. The van der Waals surface area contributed by atoms with Crippen LogP contribution in [0.15, 0.2) is 35.9 Å². The number of amides is 1. The Labute approximate surface area is 114 Å². The van der Waals surface area contributed by atoms with E-state index in [9.17, 15) is 9.90 Å². The lowest BCUT2D eigenvalue weighted by Crippen LogP contribution is -2.28. The van der Waals surface area contributed by atoms with E-state index in [2.05, 4.69) is 0 Å². The average molecular weight is 259 g/mol. The number of hydrogen-bond acceptors (Lipinski definition) is 2. The second-order valence-corrected chi connectivity index (χ2v) is 5.35. The Morgan fingerprint density at radius 3 is 2.63 bits per heavy atom. The number of para-hydroxylation sites is 1. The third-order valence-electron chi connectivity index (χ3n) is 3.89. The molecular weight excluding hydrogens is 238 g/mol. The van der Waals surface area contributed by atoms with Crippen molar-refractivity contribution in [1.82, 2.24) is 4.90 Å². The molecule has 3 heteroatoms. The number of carbonyl (C=O) groups excluding carboxylic acids is 1. The Morgan fingerprint density at radius 2 is 2.05 bits per heavy atom. The molecule has 0 saturated heterocycles. The van der Waals surface area contributed by atoms with Crippen LogP contribution in [0.5, 0.6) is 5.75 Å². The van der Waals surface area contributed by atoms with E-state index in [1.54, 1.807) is 30.2 Å². The first-order valence-corrected chi connectivity index (χ1v) is 6.73. The van der Waals surface area contributed by atoms with Gasteiger partial charge < -0.3 is 10.0 Å². The topological polar surface area (TPSA) is 40.5 Å². The lowest BCUT2D eigenvalue weighted by atomic mass is 10.1. The summed E-state index contributed by atoms with van der Waals surface area (Å²) in [6.07, 6.45) is 4.14. The number of carbonyl (C=O) groups is 1. The van der Waals surface area contributed by atoms with Crippen LogP contribution in [-0.2, 0) is 4.79 Å². The van der Waals surface area contributed by atoms with E-state index < -0.39 is 0 Å². The van der Waals surface area contributed by atoms with Crippen molar-refractivity contribution in [2.24, 2.45) is 5.92 Å². The van der Waals surface area contributed by atoms with Crippen LogP contribution in [0.4, 0.5) is 0 Å². The molecule has 0 aromatic heterocycles. The molecule has 0 spiro atoms. The molecule has 1 atom stereocenters. The molecule has 1 N–H and O–H groups in total. The van der Waals surface area contributed by atoms with Crippen LogP contribution >= 0.6 is 0 Å². The zero-order valence-electron chi connectivity index (χ0n) is 11.8. The summed E-state index contributed by atoms with van der Waals surface area (Å²) in [6, 6.07) is 7.01. The molecule has 0 unspecified atom stereocenters. The molecule has 1 aromatic rings. The largest absolute Gasteiger partial charge is 0.508 e. The van der Waals surface area contributed by atoms with E-state index >= 15 is 0 Å². The van der Waals surface area contributed by atoms with Gasteiger partial charge in [-0.25, -0.2) is 0 Å². The van der Waals surface area contributed by atoms with E-state index in [4.69, 9.17) is 0 Å². The fraction of sp³-hybridized carbons (Fsp3) is 0.438. The molecule has 102 valence electrons. The van der Waals surface area contributed by atoms with Crippen LogP contribution in [0.2, 0.25) is 0 Å². The van der Waals surface area contributed by atoms with E-state index in [-0.39, 0.29) is 17.7 Å². The van der Waals surface area contributed by atoms with E-state index in [1.165, 1.54) is 18.4 Å². The van der Waals surface area contributed by atoms with Crippen LogP contribution in [0, 0.1) is 5.92 Å². The summed E-state index contributed by atoms with van der Waals surface area (Å²) in [6.45, 7) is 3.95. The van der Waals surface area contributed by atoms with Crippen molar-refractivity contribution in [2.75, 3.05) is 7.05 Å². The minimum Gasteiger partial charge on any atom is -0.508 e. The summed E-state index contributed by atoms with van der Waals surface area (Å²) in [4.78, 5) is 13.8. The molecule has 0 bridgehead atoms. The summed E-state index contributed by atoms with van der Waals surface area (Å²) in [5.41, 5.74) is 1.94. The first-order chi connectivity index (χ1) is 9.00. The van der Waals surface area contributed by atoms with Gasteiger partial charge in [-0.05, 0) is 38.7 Å². The minimum absolute atomic E-state index is 0.000142. The number of aromatic hydroxyl groups is 1. The number of allylic oxidation sites excluding steroid dienone is 1. The second-order valence-electron chi connectivity index (χ2n) is 5.35. The van der Waals surface area contributed by atoms with Gasteiger partial charge in [-0.15, -0.1) is 0 Å². The van der Waals surface area contributed by atoms with Gasteiger partial charge in [0.15, 0.2) is 0 Å². The molecule has 19 heavy (non-hydrogen) atoms. The van der Waals surface area contributed by atoms with Crippen LogP contribution in [0.25, 0.3) is 0 Å². The smallest absolute Gasteiger partial charge is 0.246 e. The van der Waals surface area contributed by atoms with Crippen molar-refractivity contribution >= 4 is 5.91 Å². The van der Waals surface area contributed by atoms with Gasteiger partial charge in [-0.2, -0.15) is 0 Å². The molecule has 1 aliphatic rings. The van der Waals surface area contributed by atoms with E-state index in [1.807, 2.05) is 26.0 Å². The normalized spacial score (nSPS) is 17.1. The highest BCUT2D eigenvalue weighted by Gasteiger charge is 2.25. The van der Waals surface area contributed by atoms with Crippen molar-refractivity contribution in [2.45, 2.75) is 32.7 Å². The second kappa shape index (κ2) is 5.47. The Kier molecular flexibility index (Phi) is 3.93. The SMILES string of the molecule is C/C(=C\C(=O)N(C)[C@H](C)c1ccccc1O)C1CC1. The third-order valence-corrected chi connectivity index (χ3v) is 3.89. The van der Waals surface area contributed by atoms with E-state index in [0.29, 0.717) is 5.92 Å². The van der Waals surface area contributed by atoms with Gasteiger partial charge in [-0.3, -0.25) is 4.79 Å². The zero-order chi connectivity index (χ0) is 14.0. The number of phenolic OH excluding ortho intramolecular Hbond substituents is 1. The van der Waals surface area contributed by atoms with Gasteiger partial charge in [0.2, 0.25) is 5.91 Å². The molecule has 3 nitrogen and oxygen atoms in total. The zero-order valence-corrected chi connectivity index (χ0v) is 11.8. The number of likely N-dealkylation sites (N-methyl/N-ethyl adjacent to an activating group) is 1. The molecule has 1 amide bonds. The maximum Gasteiger partial charge on any atom is 0.246 e. The number of phenols is 1. The van der Waals surface area contributed by atoms with Crippen LogP contribution < -0.4 is 0 Å². The first-order valence-electron chi connectivity index (χ1n) is 6.73. The van der Waals surface area contributed by atoms with Crippen molar-refractivity contribution in [1.29, 1.82) is 0 Å². The molecule has 1 aromatic carbocycles. The van der Waals surface area contributed by atoms with Gasteiger partial charge in [0.1, 0.15) is 5.75 Å². The summed E-state index contributed by atoms with van der Waals surface area (Å²) >= 11 is 0. The maximum atomic E-state index is 12.2. The summed E-state index contributed by atoms with van der Waals surface area (Å²) in [5.74, 6) is 0.843. The average Bonchev–Trinajstić information content (AvgIpc) is 3.21. The van der Waals surface area contributed by atoms with Crippen LogP contribution in [0.1, 0.15) is 38.3 Å². The van der Waals surface area contributed by atoms with Crippen molar-refractivity contribution in [3.8, 4) is 5.75 Å². The fourth-order valence-corrected chi connectivity index (χ4v) is 2.19. The Hall–Kier alpha value is -1.77. The quantitative estimate of drug-likeness (QED) is 0.843. The number of benzene rings is 1. The lowest BCUT2D eigenvalue weighted by molar-refractivity contribution is -0.126. The monoisotopic (exact) mass is 259 g/mol. The van der Waals surface area contributed by atoms with Crippen LogP contribution in [0.3, 0.4) is 0 Å². The van der Waals surface area contributed by atoms with Gasteiger partial charge in [0.25, 0.3) is 0 Å². The standard InChI is InChI=1S/C16H21NO2/c1-11(13-8-9-13)10-16(19)17(3)12(2)14-6-4-5-7-15(14)18/h4-7,10,12-13,18H,8-9H2,1-3H3/b11-10+/t12-/m1/s1. The van der Waals surface area contributed by atoms with Crippen LogP contribution in [-0.4, -0.2) is 23.0 Å². The molecule has 2 rings (SSSR count). The number of rotatable bonds is 4. The number of hydrogen-bond donors (Lipinski definition) is 1. The van der Waals surface area contributed by atoms with Crippen molar-refractivity contribution in [3.63, 3.8) is 0 Å². The minimum atomic E-state index is -0.142.